The van der Waals surface area contributed by atoms with Crippen LogP contribution in [0.1, 0.15) is 49.3 Å². The van der Waals surface area contributed by atoms with Gasteiger partial charge in [-0.2, -0.15) is 17.5 Å². The molecule has 7 heteroatoms. The van der Waals surface area contributed by atoms with Crippen molar-refractivity contribution < 1.29 is 21.6 Å². The Hall–Kier alpha value is -1.52. The standard InChI is InChI=1S/C18H22F3NO2S/c1-2-3-4-5-6-7-12-25(23,24)22-11-10-15-13-17(18(19,20)21)9-8-16(15)14-22/h8-9,13H,2,5-7,10-12,14H2,1H3. The lowest BCUT2D eigenvalue weighted by Crippen LogP contribution is -2.37. The molecule has 0 saturated heterocycles. The van der Waals surface area contributed by atoms with Crippen LogP contribution in [0, 0.1) is 11.8 Å². The summed E-state index contributed by atoms with van der Waals surface area (Å²) in [5.41, 5.74) is 0.545. The molecule has 1 aliphatic rings. The third-order valence-electron chi connectivity index (χ3n) is 4.16. The van der Waals surface area contributed by atoms with Gasteiger partial charge in [0, 0.05) is 25.9 Å². The molecule has 1 heterocycles. The van der Waals surface area contributed by atoms with E-state index in [-0.39, 0.29) is 18.8 Å². The summed E-state index contributed by atoms with van der Waals surface area (Å²) < 4.78 is 64.5. The Morgan fingerprint density at radius 3 is 2.60 bits per heavy atom. The minimum atomic E-state index is -4.38. The molecule has 0 fully saturated rings. The fourth-order valence-electron chi connectivity index (χ4n) is 2.78. The summed E-state index contributed by atoms with van der Waals surface area (Å²) in [5.74, 6) is 5.98. The van der Waals surface area contributed by atoms with E-state index in [1.807, 2.05) is 6.92 Å². The molecule has 3 nitrogen and oxygen atoms in total. The van der Waals surface area contributed by atoms with Crippen LogP contribution < -0.4 is 0 Å². The van der Waals surface area contributed by atoms with Gasteiger partial charge in [0.1, 0.15) is 0 Å². The van der Waals surface area contributed by atoms with Gasteiger partial charge in [-0.3, -0.25) is 0 Å². The first-order valence-corrected chi connectivity index (χ1v) is 9.97. The van der Waals surface area contributed by atoms with E-state index >= 15 is 0 Å². The lowest BCUT2D eigenvalue weighted by molar-refractivity contribution is -0.137. The maximum atomic E-state index is 12.8. The summed E-state index contributed by atoms with van der Waals surface area (Å²) >= 11 is 0. The summed E-state index contributed by atoms with van der Waals surface area (Å²) in [6, 6.07) is 3.53. The molecule has 0 aromatic heterocycles. The molecule has 1 aliphatic heterocycles. The van der Waals surface area contributed by atoms with E-state index in [0.717, 1.165) is 25.0 Å². The highest BCUT2D eigenvalue weighted by Crippen LogP contribution is 2.32. The van der Waals surface area contributed by atoms with Crippen LogP contribution in [0.15, 0.2) is 18.2 Å². The Labute approximate surface area is 147 Å². The van der Waals surface area contributed by atoms with Gasteiger partial charge in [0.15, 0.2) is 0 Å². The number of halogens is 3. The summed E-state index contributed by atoms with van der Waals surface area (Å²) in [6.07, 6.45) is -1.32. The highest BCUT2D eigenvalue weighted by atomic mass is 32.2. The van der Waals surface area contributed by atoms with Crippen molar-refractivity contribution in [2.24, 2.45) is 0 Å². The maximum absolute atomic E-state index is 12.8. The van der Waals surface area contributed by atoms with E-state index in [1.54, 1.807) is 0 Å². The quantitative estimate of drug-likeness (QED) is 0.578. The molecular formula is C18H22F3NO2S. The zero-order valence-electron chi connectivity index (χ0n) is 14.2. The van der Waals surface area contributed by atoms with Gasteiger partial charge >= 0.3 is 6.18 Å². The number of hydrogen-bond acceptors (Lipinski definition) is 2. The average molecular weight is 373 g/mol. The molecule has 0 aliphatic carbocycles. The minimum absolute atomic E-state index is 0.0524. The molecule has 0 radical (unpaired) electrons. The van der Waals surface area contributed by atoms with Crippen molar-refractivity contribution in [2.75, 3.05) is 12.3 Å². The van der Waals surface area contributed by atoms with Crippen LogP contribution in [-0.4, -0.2) is 25.0 Å². The number of unbranched alkanes of at least 4 members (excludes halogenated alkanes) is 2. The Kier molecular flexibility index (Phi) is 6.53. The lowest BCUT2D eigenvalue weighted by Gasteiger charge is -2.28. The lowest BCUT2D eigenvalue weighted by atomic mass is 9.98. The monoisotopic (exact) mass is 373 g/mol. The normalized spacial score (nSPS) is 15.4. The van der Waals surface area contributed by atoms with Crippen LogP contribution >= 0.6 is 0 Å². The molecule has 0 atom stereocenters. The Morgan fingerprint density at radius 2 is 1.92 bits per heavy atom. The SMILES string of the molecule is CCC#CCCCCS(=O)(=O)N1CCc2cc(C(F)(F)F)ccc2C1. The molecule has 0 spiro atoms. The fourth-order valence-corrected chi connectivity index (χ4v) is 4.31. The molecular weight excluding hydrogens is 351 g/mol. The zero-order chi connectivity index (χ0) is 18.5. The van der Waals surface area contributed by atoms with E-state index in [1.165, 1.54) is 10.4 Å². The second-order valence-electron chi connectivity index (χ2n) is 6.05. The van der Waals surface area contributed by atoms with Crippen molar-refractivity contribution in [3.05, 3.63) is 34.9 Å². The number of hydrogen-bond donors (Lipinski definition) is 0. The van der Waals surface area contributed by atoms with Crippen molar-refractivity contribution in [3.8, 4) is 11.8 Å². The molecule has 2 rings (SSSR count). The van der Waals surface area contributed by atoms with E-state index in [9.17, 15) is 21.6 Å². The van der Waals surface area contributed by atoms with E-state index < -0.39 is 21.8 Å². The summed E-state index contributed by atoms with van der Waals surface area (Å²) in [4.78, 5) is 0. The van der Waals surface area contributed by atoms with Crippen LogP contribution in [0.5, 0.6) is 0 Å². The molecule has 1 aromatic rings. The molecule has 0 saturated carbocycles. The summed E-state index contributed by atoms with van der Waals surface area (Å²) in [7, 11) is -3.39. The molecule has 1 aromatic carbocycles. The van der Waals surface area contributed by atoms with Gasteiger partial charge in [-0.05, 0) is 42.5 Å². The first kappa shape index (κ1) is 19.8. The predicted octanol–water partition coefficient (Wildman–Crippen LogP) is 3.98. The van der Waals surface area contributed by atoms with Gasteiger partial charge in [0.2, 0.25) is 10.0 Å². The van der Waals surface area contributed by atoms with Crippen LogP contribution in [0.2, 0.25) is 0 Å². The van der Waals surface area contributed by atoms with Crippen LogP contribution in [0.3, 0.4) is 0 Å². The van der Waals surface area contributed by atoms with Gasteiger partial charge < -0.3 is 0 Å². The van der Waals surface area contributed by atoms with Crippen LogP contribution in [-0.2, 0) is 29.2 Å². The second-order valence-corrected chi connectivity index (χ2v) is 8.13. The van der Waals surface area contributed by atoms with E-state index in [2.05, 4.69) is 11.8 Å². The Bertz CT molecular complexity index is 761. The molecule has 0 N–H and O–H groups in total. The average Bonchev–Trinajstić information content (AvgIpc) is 2.56. The predicted molar refractivity (Wildman–Crippen MR) is 91.3 cm³/mol. The van der Waals surface area contributed by atoms with Crippen LogP contribution in [0.25, 0.3) is 0 Å². The first-order chi connectivity index (χ1) is 11.7. The molecule has 0 amide bonds. The van der Waals surface area contributed by atoms with Gasteiger partial charge in [-0.15, -0.1) is 11.8 Å². The third-order valence-corrected chi connectivity index (χ3v) is 6.06. The molecule has 0 bridgehead atoms. The molecule has 25 heavy (non-hydrogen) atoms. The van der Waals surface area contributed by atoms with Gasteiger partial charge in [0.25, 0.3) is 0 Å². The highest BCUT2D eigenvalue weighted by Gasteiger charge is 2.32. The number of sulfonamides is 1. The molecule has 0 unspecified atom stereocenters. The minimum Gasteiger partial charge on any atom is -0.212 e. The van der Waals surface area contributed by atoms with E-state index in [0.29, 0.717) is 30.4 Å². The third kappa shape index (κ3) is 5.48. The van der Waals surface area contributed by atoms with Crippen molar-refractivity contribution in [3.63, 3.8) is 0 Å². The second kappa shape index (κ2) is 8.24. The fraction of sp³-hybridized carbons (Fsp3) is 0.556. The Balaban J connectivity index is 1.97. The topological polar surface area (TPSA) is 37.4 Å². The van der Waals surface area contributed by atoms with E-state index in [4.69, 9.17) is 0 Å². The van der Waals surface area contributed by atoms with Gasteiger partial charge in [-0.25, -0.2) is 8.42 Å². The van der Waals surface area contributed by atoms with Crippen molar-refractivity contribution >= 4 is 10.0 Å². The summed E-state index contributed by atoms with van der Waals surface area (Å²) in [5, 5.41) is 0. The Morgan fingerprint density at radius 1 is 1.16 bits per heavy atom. The number of rotatable bonds is 5. The van der Waals surface area contributed by atoms with Crippen LogP contribution in [0.4, 0.5) is 13.2 Å². The molecule has 138 valence electrons. The largest absolute Gasteiger partial charge is 0.416 e. The number of nitrogens with zero attached hydrogens (tertiary/aromatic N) is 1. The zero-order valence-corrected chi connectivity index (χ0v) is 15.0. The van der Waals surface area contributed by atoms with Crippen molar-refractivity contribution in [1.82, 2.24) is 4.31 Å². The number of benzene rings is 1. The van der Waals surface area contributed by atoms with Crippen molar-refractivity contribution in [1.29, 1.82) is 0 Å². The van der Waals surface area contributed by atoms with Crippen molar-refractivity contribution in [2.45, 2.75) is 51.7 Å². The number of alkyl halides is 3. The van der Waals surface area contributed by atoms with Gasteiger partial charge in [-0.1, -0.05) is 13.0 Å². The smallest absolute Gasteiger partial charge is 0.212 e. The first-order valence-electron chi connectivity index (χ1n) is 8.36. The maximum Gasteiger partial charge on any atom is 0.416 e. The highest BCUT2D eigenvalue weighted by molar-refractivity contribution is 7.89. The van der Waals surface area contributed by atoms with Gasteiger partial charge in [0.05, 0.1) is 11.3 Å². The summed E-state index contributed by atoms with van der Waals surface area (Å²) in [6.45, 7) is 2.33. The number of fused-ring (bicyclic) bond motifs is 1.